The number of aliphatic hydroxyl groups excluding tert-OH is 1. The Morgan fingerprint density at radius 1 is 1.28 bits per heavy atom. The molecule has 4 nitrogen and oxygen atoms in total. The second-order valence-electron chi connectivity index (χ2n) is 4.56. The van der Waals surface area contributed by atoms with E-state index in [9.17, 15) is 4.79 Å². The third-order valence-corrected chi connectivity index (χ3v) is 3.44. The number of rotatable bonds is 6. The van der Waals surface area contributed by atoms with E-state index < -0.39 is 0 Å². The maximum absolute atomic E-state index is 11.4. The minimum absolute atomic E-state index is 0.00627. The molecule has 1 aliphatic rings. The molecule has 0 spiro atoms. The zero-order chi connectivity index (χ0) is 13.0. The van der Waals surface area contributed by atoms with Crippen LogP contribution in [0.5, 0.6) is 0 Å². The Kier molecular flexibility index (Phi) is 4.33. The van der Waals surface area contributed by atoms with Crippen LogP contribution >= 0.6 is 0 Å². The Bertz CT molecular complexity index is 390. The van der Waals surface area contributed by atoms with Gasteiger partial charge in [0.1, 0.15) is 0 Å². The van der Waals surface area contributed by atoms with Gasteiger partial charge in [-0.2, -0.15) is 0 Å². The molecule has 1 N–H and O–H groups in total. The molecule has 0 aliphatic heterocycles. The zero-order valence-corrected chi connectivity index (χ0v) is 10.4. The molecule has 1 fully saturated rings. The van der Waals surface area contributed by atoms with E-state index in [0.29, 0.717) is 13.2 Å². The lowest BCUT2D eigenvalue weighted by Gasteiger charge is -2.03. The second-order valence-corrected chi connectivity index (χ2v) is 4.56. The molecule has 18 heavy (non-hydrogen) atoms. The fourth-order valence-corrected chi connectivity index (χ4v) is 2.29. The van der Waals surface area contributed by atoms with Crippen molar-refractivity contribution in [1.29, 1.82) is 0 Å². The van der Waals surface area contributed by atoms with Gasteiger partial charge in [0.2, 0.25) is 0 Å². The van der Waals surface area contributed by atoms with Crippen LogP contribution in [0.1, 0.15) is 5.56 Å². The standard InChI is InChI=1S/C14H18O4/c1-17-14(16)13-11(7-15)12(13)9-18-8-10-5-3-2-4-6-10/h2-6,11-13,15H,7-9H2,1H3/t11-,12+,13+/m0/s1. The largest absolute Gasteiger partial charge is 0.469 e. The van der Waals surface area contributed by atoms with Crippen LogP contribution in [-0.2, 0) is 20.9 Å². The molecule has 1 aromatic carbocycles. The quantitative estimate of drug-likeness (QED) is 0.772. The summed E-state index contributed by atoms with van der Waals surface area (Å²) in [5.41, 5.74) is 1.10. The van der Waals surface area contributed by atoms with Crippen molar-refractivity contribution in [3.05, 3.63) is 35.9 Å². The molecule has 1 saturated carbocycles. The van der Waals surface area contributed by atoms with Crippen molar-refractivity contribution in [2.24, 2.45) is 17.8 Å². The molecule has 3 atom stereocenters. The van der Waals surface area contributed by atoms with Crippen LogP contribution < -0.4 is 0 Å². The Balaban J connectivity index is 1.76. The third kappa shape index (κ3) is 2.89. The van der Waals surface area contributed by atoms with Crippen molar-refractivity contribution in [3.8, 4) is 0 Å². The highest BCUT2D eigenvalue weighted by Gasteiger charge is 2.55. The average Bonchev–Trinajstić information content (AvgIpc) is 3.12. The van der Waals surface area contributed by atoms with Gasteiger partial charge in [0.05, 0.1) is 26.2 Å². The van der Waals surface area contributed by atoms with Gasteiger partial charge < -0.3 is 14.6 Å². The van der Waals surface area contributed by atoms with Crippen molar-refractivity contribution in [2.75, 3.05) is 20.3 Å². The number of ether oxygens (including phenoxy) is 2. The molecular formula is C14H18O4. The first-order valence-corrected chi connectivity index (χ1v) is 6.08. The first-order chi connectivity index (χ1) is 8.77. The van der Waals surface area contributed by atoms with Gasteiger partial charge in [0.25, 0.3) is 0 Å². The highest BCUT2D eigenvalue weighted by molar-refractivity contribution is 5.76. The Hall–Kier alpha value is -1.39. The van der Waals surface area contributed by atoms with Crippen LogP contribution in [0.15, 0.2) is 30.3 Å². The summed E-state index contributed by atoms with van der Waals surface area (Å²) in [5.74, 6) is -0.363. The van der Waals surface area contributed by atoms with E-state index in [2.05, 4.69) is 0 Å². The number of esters is 1. The second kappa shape index (κ2) is 5.98. The summed E-state index contributed by atoms with van der Waals surface area (Å²) < 4.78 is 10.3. The first-order valence-electron chi connectivity index (χ1n) is 6.08. The molecule has 98 valence electrons. The van der Waals surface area contributed by atoms with E-state index in [1.807, 2.05) is 30.3 Å². The smallest absolute Gasteiger partial charge is 0.309 e. The predicted octanol–water partition coefficient (Wildman–Crippen LogP) is 1.23. The van der Waals surface area contributed by atoms with Crippen molar-refractivity contribution < 1.29 is 19.4 Å². The van der Waals surface area contributed by atoms with Crippen LogP contribution in [0.3, 0.4) is 0 Å². The number of carbonyl (C=O) groups is 1. The summed E-state index contributed by atoms with van der Waals surface area (Å²) in [6.07, 6.45) is 0. The molecule has 0 saturated heterocycles. The third-order valence-electron chi connectivity index (χ3n) is 3.44. The topological polar surface area (TPSA) is 55.8 Å². The summed E-state index contributed by atoms with van der Waals surface area (Å²) in [5, 5.41) is 9.14. The predicted molar refractivity (Wildman–Crippen MR) is 65.7 cm³/mol. The normalized spacial score (nSPS) is 25.8. The lowest BCUT2D eigenvalue weighted by molar-refractivity contribution is -0.143. The maximum atomic E-state index is 11.4. The summed E-state index contributed by atoms with van der Waals surface area (Å²) in [6, 6.07) is 9.87. The number of aliphatic hydroxyl groups is 1. The van der Waals surface area contributed by atoms with Crippen LogP contribution in [0.25, 0.3) is 0 Å². The number of benzene rings is 1. The molecule has 2 rings (SSSR count). The van der Waals surface area contributed by atoms with Crippen molar-refractivity contribution >= 4 is 5.97 Å². The van der Waals surface area contributed by atoms with Crippen LogP contribution in [-0.4, -0.2) is 31.4 Å². The minimum atomic E-state index is -0.248. The molecule has 4 heteroatoms. The van der Waals surface area contributed by atoms with Crippen LogP contribution in [0.4, 0.5) is 0 Å². The van der Waals surface area contributed by atoms with Gasteiger partial charge in [-0.25, -0.2) is 0 Å². The number of carbonyl (C=O) groups excluding carboxylic acids is 1. The molecule has 0 aromatic heterocycles. The SMILES string of the molecule is COC(=O)[C@H]1[C@H](COCc2ccccc2)[C@@H]1CO. The van der Waals surface area contributed by atoms with E-state index >= 15 is 0 Å². The average molecular weight is 250 g/mol. The van der Waals surface area contributed by atoms with Crippen molar-refractivity contribution in [1.82, 2.24) is 0 Å². The summed E-state index contributed by atoms with van der Waals surface area (Å²) in [7, 11) is 1.37. The summed E-state index contributed by atoms with van der Waals surface area (Å²) in [6.45, 7) is 1.03. The fourth-order valence-electron chi connectivity index (χ4n) is 2.29. The van der Waals surface area contributed by atoms with Crippen LogP contribution in [0.2, 0.25) is 0 Å². The summed E-state index contributed by atoms with van der Waals surface area (Å²) >= 11 is 0. The minimum Gasteiger partial charge on any atom is -0.469 e. The molecule has 0 radical (unpaired) electrons. The van der Waals surface area contributed by atoms with Gasteiger partial charge >= 0.3 is 5.97 Å². The number of hydrogen-bond donors (Lipinski definition) is 1. The summed E-state index contributed by atoms with van der Waals surface area (Å²) in [4.78, 5) is 11.4. The molecule has 1 aromatic rings. The molecular weight excluding hydrogens is 232 g/mol. The fraction of sp³-hybridized carbons (Fsp3) is 0.500. The van der Waals surface area contributed by atoms with Gasteiger partial charge in [0, 0.05) is 18.4 Å². The maximum Gasteiger partial charge on any atom is 0.309 e. The lowest BCUT2D eigenvalue weighted by atomic mass is 10.2. The van der Waals surface area contributed by atoms with Gasteiger partial charge in [-0.1, -0.05) is 30.3 Å². The van der Waals surface area contributed by atoms with Crippen molar-refractivity contribution in [3.63, 3.8) is 0 Å². The molecule has 1 aliphatic carbocycles. The Morgan fingerprint density at radius 3 is 2.61 bits per heavy atom. The van der Waals surface area contributed by atoms with E-state index in [0.717, 1.165) is 5.56 Å². The number of methoxy groups -OCH3 is 1. The van der Waals surface area contributed by atoms with E-state index in [1.54, 1.807) is 0 Å². The first kappa shape index (κ1) is 13.1. The van der Waals surface area contributed by atoms with E-state index in [1.165, 1.54) is 7.11 Å². The van der Waals surface area contributed by atoms with Gasteiger partial charge in [-0.15, -0.1) is 0 Å². The molecule has 0 unspecified atom stereocenters. The highest BCUT2D eigenvalue weighted by Crippen LogP contribution is 2.46. The molecule has 0 amide bonds. The van der Waals surface area contributed by atoms with Gasteiger partial charge in [-0.05, 0) is 5.56 Å². The Morgan fingerprint density at radius 2 is 2.00 bits per heavy atom. The molecule has 0 bridgehead atoms. The Labute approximate surface area is 107 Å². The van der Waals surface area contributed by atoms with E-state index in [4.69, 9.17) is 14.6 Å². The highest BCUT2D eigenvalue weighted by atomic mass is 16.5. The number of hydrogen-bond acceptors (Lipinski definition) is 4. The van der Waals surface area contributed by atoms with Crippen LogP contribution in [0, 0.1) is 17.8 Å². The van der Waals surface area contributed by atoms with E-state index in [-0.39, 0.29) is 30.3 Å². The lowest BCUT2D eigenvalue weighted by Crippen LogP contribution is -2.07. The van der Waals surface area contributed by atoms with Gasteiger partial charge in [-0.3, -0.25) is 4.79 Å². The van der Waals surface area contributed by atoms with Crippen molar-refractivity contribution in [2.45, 2.75) is 6.61 Å². The monoisotopic (exact) mass is 250 g/mol. The molecule has 0 heterocycles. The zero-order valence-electron chi connectivity index (χ0n) is 10.4. The van der Waals surface area contributed by atoms with Gasteiger partial charge in [0.15, 0.2) is 0 Å².